The van der Waals surface area contributed by atoms with Crippen molar-refractivity contribution in [3.8, 4) is 22.5 Å². The maximum absolute atomic E-state index is 13.0. The van der Waals surface area contributed by atoms with E-state index < -0.39 is 18.9 Å². The standard InChI is InChI=1S/C26H27ClN6O5/c1-4-9-21-28-23(27)22(25(34)36-15-37-26(35)38-16(2)3)33(21)14-17-10-5-6-11-18(17)19-12-7-8-13-20(19)24-29-31-32-30-24/h5-8,10-13,16H,4,9,14-15H2,1-3H3,(H,29,30,31,32). The van der Waals surface area contributed by atoms with Crippen LogP contribution in [0.3, 0.4) is 0 Å². The number of esters is 1. The number of halogens is 1. The van der Waals surface area contributed by atoms with Gasteiger partial charge in [-0.05, 0) is 42.2 Å². The number of ether oxygens (including phenoxy) is 3. The molecule has 0 spiro atoms. The third-order valence-electron chi connectivity index (χ3n) is 5.52. The number of H-pyrrole nitrogens is 1. The molecule has 0 aliphatic heterocycles. The average Bonchev–Trinajstić information content (AvgIpc) is 3.52. The van der Waals surface area contributed by atoms with Gasteiger partial charge in [0.05, 0.1) is 12.6 Å². The van der Waals surface area contributed by atoms with Crippen molar-refractivity contribution in [3.05, 3.63) is 70.8 Å². The SMILES string of the molecule is CCCc1nc(Cl)c(C(=O)OCOC(=O)OC(C)C)n1Cc1ccccc1-c1ccccc1-c1nn[nH]n1. The van der Waals surface area contributed by atoms with Crippen LogP contribution in [0, 0.1) is 0 Å². The highest BCUT2D eigenvalue weighted by molar-refractivity contribution is 6.32. The van der Waals surface area contributed by atoms with Gasteiger partial charge in [0.2, 0.25) is 12.6 Å². The van der Waals surface area contributed by atoms with E-state index in [1.807, 2.05) is 55.5 Å². The molecule has 2 aromatic carbocycles. The molecule has 0 fully saturated rings. The molecule has 198 valence electrons. The highest BCUT2D eigenvalue weighted by Crippen LogP contribution is 2.33. The van der Waals surface area contributed by atoms with E-state index in [-0.39, 0.29) is 23.5 Å². The average molecular weight is 539 g/mol. The Kier molecular flexibility index (Phi) is 8.70. The molecule has 4 aromatic rings. The molecule has 12 heteroatoms. The second-order valence-corrected chi connectivity index (χ2v) is 8.91. The van der Waals surface area contributed by atoms with Gasteiger partial charge in [0.15, 0.2) is 10.8 Å². The molecule has 4 rings (SSSR count). The predicted molar refractivity (Wildman–Crippen MR) is 138 cm³/mol. The lowest BCUT2D eigenvalue weighted by Gasteiger charge is -2.16. The Morgan fingerprint density at radius 1 is 1.03 bits per heavy atom. The molecule has 38 heavy (non-hydrogen) atoms. The second-order valence-electron chi connectivity index (χ2n) is 8.55. The topological polar surface area (TPSA) is 134 Å². The van der Waals surface area contributed by atoms with Gasteiger partial charge in [0, 0.05) is 12.0 Å². The molecule has 0 aliphatic rings. The normalized spacial score (nSPS) is 11.0. The summed E-state index contributed by atoms with van der Waals surface area (Å²) in [5.41, 5.74) is 3.59. The Morgan fingerprint density at radius 3 is 2.42 bits per heavy atom. The number of hydrogen-bond donors (Lipinski definition) is 1. The van der Waals surface area contributed by atoms with Crippen LogP contribution in [0.1, 0.15) is 49.1 Å². The summed E-state index contributed by atoms with van der Waals surface area (Å²) >= 11 is 6.41. The molecule has 0 unspecified atom stereocenters. The number of rotatable bonds is 10. The summed E-state index contributed by atoms with van der Waals surface area (Å²) in [4.78, 5) is 29.1. The zero-order valence-electron chi connectivity index (χ0n) is 21.2. The van der Waals surface area contributed by atoms with Crippen molar-refractivity contribution in [2.24, 2.45) is 0 Å². The zero-order valence-corrected chi connectivity index (χ0v) is 21.9. The molecule has 0 bridgehead atoms. The fourth-order valence-electron chi connectivity index (χ4n) is 3.95. The number of aryl methyl sites for hydroxylation is 1. The van der Waals surface area contributed by atoms with Gasteiger partial charge in [-0.2, -0.15) is 5.21 Å². The van der Waals surface area contributed by atoms with Gasteiger partial charge in [0.25, 0.3) is 0 Å². The molecule has 0 radical (unpaired) electrons. The predicted octanol–water partition coefficient (Wildman–Crippen LogP) is 5.06. The minimum absolute atomic E-state index is 0.00730. The molecule has 2 heterocycles. The number of tetrazole rings is 1. The Labute approximate surface area is 224 Å². The van der Waals surface area contributed by atoms with Crippen LogP contribution < -0.4 is 0 Å². The number of nitrogens with one attached hydrogen (secondary N) is 1. The fraction of sp³-hybridized carbons (Fsp3) is 0.308. The summed E-state index contributed by atoms with van der Waals surface area (Å²) in [7, 11) is 0. The van der Waals surface area contributed by atoms with Crippen LogP contribution in [0.25, 0.3) is 22.5 Å². The van der Waals surface area contributed by atoms with Gasteiger partial charge in [-0.1, -0.05) is 67.1 Å². The number of benzene rings is 2. The van der Waals surface area contributed by atoms with Crippen LogP contribution in [0.15, 0.2) is 48.5 Å². The van der Waals surface area contributed by atoms with E-state index in [2.05, 4.69) is 25.6 Å². The van der Waals surface area contributed by atoms with Crippen molar-refractivity contribution in [2.45, 2.75) is 46.3 Å². The highest BCUT2D eigenvalue weighted by Gasteiger charge is 2.25. The van der Waals surface area contributed by atoms with Gasteiger partial charge >= 0.3 is 12.1 Å². The molecular formula is C26H27ClN6O5. The minimum Gasteiger partial charge on any atom is -0.431 e. The van der Waals surface area contributed by atoms with Gasteiger partial charge in [-0.15, -0.1) is 10.2 Å². The molecule has 0 saturated heterocycles. The molecule has 11 nitrogen and oxygen atoms in total. The third kappa shape index (κ3) is 6.17. The van der Waals surface area contributed by atoms with Gasteiger partial charge in [-0.3, -0.25) is 0 Å². The summed E-state index contributed by atoms with van der Waals surface area (Å²) < 4.78 is 16.6. The van der Waals surface area contributed by atoms with Gasteiger partial charge in [-0.25, -0.2) is 14.6 Å². The summed E-state index contributed by atoms with van der Waals surface area (Å²) in [6.07, 6.45) is 0.0735. The first-order valence-electron chi connectivity index (χ1n) is 12.1. The van der Waals surface area contributed by atoms with E-state index in [4.69, 9.17) is 25.8 Å². The Bertz CT molecular complexity index is 1400. The van der Waals surface area contributed by atoms with Crippen molar-refractivity contribution in [1.82, 2.24) is 30.2 Å². The number of aromatic nitrogens is 6. The Morgan fingerprint density at radius 2 is 1.74 bits per heavy atom. The lowest BCUT2D eigenvalue weighted by molar-refractivity contribution is -0.0349. The monoisotopic (exact) mass is 538 g/mol. The number of nitrogens with zero attached hydrogens (tertiary/aromatic N) is 5. The smallest absolute Gasteiger partial charge is 0.431 e. The number of imidazole rings is 1. The molecule has 1 N–H and O–H groups in total. The Balaban J connectivity index is 1.66. The van der Waals surface area contributed by atoms with Gasteiger partial charge in [0.1, 0.15) is 5.82 Å². The van der Waals surface area contributed by atoms with Crippen molar-refractivity contribution >= 4 is 23.7 Å². The molecule has 0 saturated carbocycles. The summed E-state index contributed by atoms with van der Waals surface area (Å²) in [6.45, 7) is 5.03. The van der Waals surface area contributed by atoms with E-state index in [1.165, 1.54) is 0 Å². The van der Waals surface area contributed by atoms with Crippen molar-refractivity contribution in [1.29, 1.82) is 0 Å². The first kappa shape index (κ1) is 26.8. The third-order valence-corrected chi connectivity index (χ3v) is 5.78. The minimum atomic E-state index is -0.937. The van der Waals surface area contributed by atoms with Crippen LogP contribution in [0.4, 0.5) is 4.79 Å². The van der Waals surface area contributed by atoms with Crippen molar-refractivity contribution in [3.63, 3.8) is 0 Å². The summed E-state index contributed by atoms with van der Waals surface area (Å²) in [5, 5.41) is 14.5. The largest absolute Gasteiger partial charge is 0.511 e. The van der Waals surface area contributed by atoms with Crippen molar-refractivity contribution < 1.29 is 23.8 Å². The first-order valence-corrected chi connectivity index (χ1v) is 12.4. The van der Waals surface area contributed by atoms with E-state index in [1.54, 1.807) is 18.4 Å². The highest BCUT2D eigenvalue weighted by atomic mass is 35.5. The van der Waals surface area contributed by atoms with E-state index in [0.29, 0.717) is 18.1 Å². The molecule has 2 aromatic heterocycles. The van der Waals surface area contributed by atoms with E-state index in [9.17, 15) is 9.59 Å². The molecule has 0 atom stereocenters. The second kappa shape index (κ2) is 12.3. The van der Waals surface area contributed by atoms with Crippen molar-refractivity contribution in [2.75, 3.05) is 6.79 Å². The zero-order chi connectivity index (χ0) is 27.1. The maximum atomic E-state index is 13.0. The fourth-order valence-corrected chi connectivity index (χ4v) is 4.23. The lowest BCUT2D eigenvalue weighted by Crippen LogP contribution is -2.19. The maximum Gasteiger partial charge on any atom is 0.511 e. The molecule has 0 amide bonds. The van der Waals surface area contributed by atoms with Crippen LogP contribution in [0.2, 0.25) is 5.15 Å². The number of aromatic amines is 1. The van der Waals surface area contributed by atoms with Crippen LogP contribution in [-0.4, -0.2) is 55.2 Å². The quantitative estimate of drug-likeness (QED) is 0.217. The number of hydrogen-bond acceptors (Lipinski definition) is 9. The number of carbonyl (C=O) groups is 2. The summed E-state index contributed by atoms with van der Waals surface area (Å²) in [6, 6.07) is 15.5. The van der Waals surface area contributed by atoms with E-state index in [0.717, 1.165) is 28.7 Å². The molecular weight excluding hydrogens is 512 g/mol. The molecule has 0 aliphatic carbocycles. The number of carbonyl (C=O) groups excluding carboxylic acids is 2. The Hall–Kier alpha value is -4.25. The van der Waals surface area contributed by atoms with Crippen LogP contribution >= 0.6 is 11.6 Å². The van der Waals surface area contributed by atoms with Crippen LogP contribution in [-0.2, 0) is 27.2 Å². The lowest BCUT2D eigenvalue weighted by atomic mass is 9.95. The van der Waals surface area contributed by atoms with Gasteiger partial charge < -0.3 is 18.8 Å². The first-order chi connectivity index (χ1) is 18.4. The summed E-state index contributed by atoms with van der Waals surface area (Å²) in [5.74, 6) is 0.325. The van der Waals surface area contributed by atoms with E-state index >= 15 is 0 Å². The van der Waals surface area contributed by atoms with Crippen LogP contribution in [0.5, 0.6) is 0 Å².